The van der Waals surface area contributed by atoms with Gasteiger partial charge >= 0.3 is 0 Å². The monoisotopic (exact) mass is 348 g/mol. The van der Waals surface area contributed by atoms with Crippen LogP contribution in [0.1, 0.15) is 28.7 Å². The van der Waals surface area contributed by atoms with E-state index in [2.05, 4.69) is 15.3 Å². The molecule has 2 aromatic rings. The Bertz CT molecular complexity index is 681. The Labute approximate surface area is 140 Å². The molecular formula is C14H19Cl2FN4O. The highest BCUT2D eigenvalue weighted by Crippen LogP contribution is 2.19. The van der Waals surface area contributed by atoms with Crippen molar-refractivity contribution in [2.24, 2.45) is 5.73 Å². The average Bonchev–Trinajstić information content (AvgIpc) is 2.39. The lowest BCUT2D eigenvalue weighted by Gasteiger charge is -2.13. The molecule has 1 aromatic carbocycles. The van der Waals surface area contributed by atoms with Gasteiger partial charge in [-0.2, -0.15) is 0 Å². The number of benzene rings is 1. The Morgan fingerprint density at radius 2 is 1.86 bits per heavy atom. The van der Waals surface area contributed by atoms with E-state index in [9.17, 15) is 9.18 Å². The molecule has 0 fully saturated rings. The first-order valence-electron chi connectivity index (χ1n) is 6.37. The van der Waals surface area contributed by atoms with Crippen LogP contribution in [0.15, 0.2) is 12.1 Å². The number of nitrogens with one attached hydrogen (secondary N) is 1. The standard InChI is InChI=1S/C14H17FN4O.2ClH/c1-7(6-16)17-14(20)11-4-10(15)5-12-13(11)19-9(3)8(2)18-12;;/h4-5,7H,6,16H2,1-3H3,(H,17,20);2*1H/t7-;;/m0../s1. The summed E-state index contributed by atoms with van der Waals surface area (Å²) in [6.07, 6.45) is 0. The summed E-state index contributed by atoms with van der Waals surface area (Å²) in [6, 6.07) is 2.25. The van der Waals surface area contributed by atoms with Crippen molar-refractivity contribution in [3.63, 3.8) is 0 Å². The maximum absolute atomic E-state index is 13.6. The highest BCUT2D eigenvalue weighted by Gasteiger charge is 2.16. The molecule has 0 saturated heterocycles. The van der Waals surface area contributed by atoms with Crippen molar-refractivity contribution in [3.8, 4) is 0 Å². The number of hydrogen-bond acceptors (Lipinski definition) is 4. The van der Waals surface area contributed by atoms with Crippen molar-refractivity contribution in [3.05, 3.63) is 34.9 Å². The average molecular weight is 349 g/mol. The number of rotatable bonds is 3. The Hall–Kier alpha value is -1.50. The molecule has 2 rings (SSSR count). The Kier molecular flexibility index (Phi) is 7.66. The summed E-state index contributed by atoms with van der Waals surface area (Å²) >= 11 is 0. The first-order valence-corrected chi connectivity index (χ1v) is 6.37. The molecule has 1 aromatic heterocycles. The third-order valence-electron chi connectivity index (χ3n) is 3.12. The van der Waals surface area contributed by atoms with Gasteiger partial charge in [0.1, 0.15) is 11.3 Å². The van der Waals surface area contributed by atoms with Crippen LogP contribution in [0.5, 0.6) is 0 Å². The van der Waals surface area contributed by atoms with Crippen LogP contribution in [-0.4, -0.2) is 28.5 Å². The minimum Gasteiger partial charge on any atom is -0.348 e. The van der Waals surface area contributed by atoms with Crippen LogP contribution in [-0.2, 0) is 0 Å². The van der Waals surface area contributed by atoms with Gasteiger partial charge in [0, 0.05) is 18.7 Å². The van der Waals surface area contributed by atoms with Crippen LogP contribution < -0.4 is 11.1 Å². The third-order valence-corrected chi connectivity index (χ3v) is 3.12. The van der Waals surface area contributed by atoms with Crippen LogP contribution in [0.4, 0.5) is 4.39 Å². The van der Waals surface area contributed by atoms with E-state index in [0.717, 1.165) is 0 Å². The molecule has 1 amide bonds. The summed E-state index contributed by atoms with van der Waals surface area (Å²) in [7, 11) is 0. The SMILES string of the molecule is Cc1nc2cc(F)cc(C(=O)N[C@@H](C)CN)c2nc1C.Cl.Cl. The number of amides is 1. The van der Waals surface area contributed by atoms with E-state index in [1.54, 1.807) is 20.8 Å². The van der Waals surface area contributed by atoms with Crippen LogP contribution in [0.3, 0.4) is 0 Å². The van der Waals surface area contributed by atoms with Gasteiger partial charge < -0.3 is 11.1 Å². The fourth-order valence-corrected chi connectivity index (χ4v) is 1.83. The maximum atomic E-state index is 13.6. The van der Waals surface area contributed by atoms with E-state index in [4.69, 9.17) is 5.73 Å². The lowest BCUT2D eigenvalue weighted by atomic mass is 10.1. The van der Waals surface area contributed by atoms with Gasteiger partial charge in [-0.1, -0.05) is 0 Å². The minimum atomic E-state index is -0.513. The number of halogens is 3. The number of carbonyl (C=O) groups excluding carboxylic acids is 1. The summed E-state index contributed by atoms with van der Waals surface area (Å²) in [4.78, 5) is 20.8. The summed E-state index contributed by atoms with van der Waals surface area (Å²) in [5.41, 5.74) is 7.84. The van der Waals surface area contributed by atoms with Crippen LogP contribution in [0.25, 0.3) is 11.0 Å². The molecular weight excluding hydrogens is 330 g/mol. The van der Waals surface area contributed by atoms with Crippen molar-refractivity contribution in [1.29, 1.82) is 0 Å². The van der Waals surface area contributed by atoms with Gasteiger partial charge in [0.15, 0.2) is 0 Å². The number of aryl methyl sites for hydroxylation is 2. The number of hydrogen-bond donors (Lipinski definition) is 2. The maximum Gasteiger partial charge on any atom is 0.253 e. The summed E-state index contributed by atoms with van der Waals surface area (Å²) in [5, 5.41) is 2.70. The quantitative estimate of drug-likeness (QED) is 0.891. The normalized spacial score (nSPS) is 11.3. The molecule has 0 spiro atoms. The predicted molar refractivity (Wildman–Crippen MR) is 89.4 cm³/mol. The molecule has 5 nitrogen and oxygen atoms in total. The van der Waals surface area contributed by atoms with E-state index in [-0.39, 0.29) is 36.4 Å². The molecule has 0 saturated carbocycles. The van der Waals surface area contributed by atoms with Gasteiger partial charge in [-0.25, -0.2) is 14.4 Å². The molecule has 0 aliphatic rings. The molecule has 1 atom stereocenters. The third kappa shape index (κ3) is 4.25. The molecule has 0 aliphatic heterocycles. The van der Waals surface area contributed by atoms with Gasteiger partial charge in [-0.05, 0) is 26.8 Å². The number of nitrogens with zero attached hydrogens (tertiary/aromatic N) is 2. The van der Waals surface area contributed by atoms with Gasteiger partial charge in [-0.3, -0.25) is 4.79 Å². The van der Waals surface area contributed by atoms with E-state index < -0.39 is 11.7 Å². The van der Waals surface area contributed by atoms with Crippen molar-refractivity contribution in [2.45, 2.75) is 26.8 Å². The number of nitrogens with two attached hydrogens (primary N) is 1. The summed E-state index contributed by atoms with van der Waals surface area (Å²) in [5.74, 6) is -0.911. The second-order valence-corrected chi connectivity index (χ2v) is 4.83. The topological polar surface area (TPSA) is 80.9 Å². The molecule has 0 aliphatic carbocycles. The number of carbonyl (C=O) groups is 1. The molecule has 122 valence electrons. The lowest BCUT2D eigenvalue weighted by molar-refractivity contribution is 0.0942. The predicted octanol–water partition coefficient (Wildman–Crippen LogP) is 2.31. The lowest BCUT2D eigenvalue weighted by Crippen LogP contribution is -2.38. The molecule has 1 heterocycles. The number of fused-ring (bicyclic) bond motifs is 1. The smallest absolute Gasteiger partial charge is 0.253 e. The first-order chi connectivity index (χ1) is 9.42. The van der Waals surface area contributed by atoms with Crippen LogP contribution >= 0.6 is 24.8 Å². The van der Waals surface area contributed by atoms with Crippen LogP contribution in [0.2, 0.25) is 0 Å². The van der Waals surface area contributed by atoms with Gasteiger partial charge in [-0.15, -0.1) is 24.8 Å². The summed E-state index contributed by atoms with van der Waals surface area (Å²) in [6.45, 7) is 5.68. The first kappa shape index (κ1) is 20.5. The fourth-order valence-electron chi connectivity index (χ4n) is 1.83. The van der Waals surface area contributed by atoms with E-state index in [1.807, 2.05) is 0 Å². The largest absolute Gasteiger partial charge is 0.348 e. The molecule has 0 bridgehead atoms. The molecule has 0 radical (unpaired) electrons. The van der Waals surface area contributed by atoms with E-state index in [1.165, 1.54) is 12.1 Å². The fraction of sp³-hybridized carbons (Fsp3) is 0.357. The zero-order chi connectivity index (χ0) is 14.9. The van der Waals surface area contributed by atoms with Crippen molar-refractivity contribution < 1.29 is 9.18 Å². The van der Waals surface area contributed by atoms with Crippen LogP contribution in [0, 0.1) is 19.7 Å². The zero-order valence-electron chi connectivity index (χ0n) is 12.5. The Balaban J connectivity index is 0.00000220. The van der Waals surface area contributed by atoms with Gasteiger partial charge in [0.2, 0.25) is 0 Å². The van der Waals surface area contributed by atoms with E-state index >= 15 is 0 Å². The second-order valence-electron chi connectivity index (χ2n) is 4.83. The summed E-state index contributed by atoms with van der Waals surface area (Å²) < 4.78 is 13.6. The molecule has 22 heavy (non-hydrogen) atoms. The van der Waals surface area contributed by atoms with Crippen molar-refractivity contribution in [2.75, 3.05) is 6.54 Å². The Morgan fingerprint density at radius 1 is 1.27 bits per heavy atom. The zero-order valence-corrected chi connectivity index (χ0v) is 14.1. The molecule has 8 heteroatoms. The molecule has 3 N–H and O–H groups in total. The Morgan fingerprint density at radius 3 is 2.45 bits per heavy atom. The van der Waals surface area contributed by atoms with Gasteiger partial charge in [0.05, 0.1) is 22.5 Å². The number of aromatic nitrogens is 2. The second kappa shape index (κ2) is 8.22. The molecule has 0 unspecified atom stereocenters. The van der Waals surface area contributed by atoms with E-state index in [0.29, 0.717) is 29.0 Å². The highest BCUT2D eigenvalue weighted by atomic mass is 35.5. The van der Waals surface area contributed by atoms with Gasteiger partial charge in [0.25, 0.3) is 5.91 Å². The minimum absolute atomic E-state index is 0. The van der Waals surface area contributed by atoms with Crippen molar-refractivity contribution in [1.82, 2.24) is 15.3 Å². The highest BCUT2D eigenvalue weighted by molar-refractivity contribution is 6.04. The van der Waals surface area contributed by atoms with Crippen molar-refractivity contribution >= 4 is 41.8 Å².